The van der Waals surface area contributed by atoms with Crippen LogP contribution in [0.1, 0.15) is 29.1 Å². The van der Waals surface area contributed by atoms with Crippen molar-refractivity contribution in [1.82, 2.24) is 20.4 Å². The lowest BCUT2D eigenvalue weighted by Crippen LogP contribution is -2.55. The summed E-state index contributed by atoms with van der Waals surface area (Å²) < 4.78 is 0. The molecule has 2 saturated heterocycles. The molecule has 1 aromatic heterocycles. The van der Waals surface area contributed by atoms with Gasteiger partial charge in [0.1, 0.15) is 0 Å². The third kappa shape index (κ3) is 2.47. The summed E-state index contributed by atoms with van der Waals surface area (Å²) in [5.41, 5.74) is 0. The molecule has 2 N–H and O–H groups in total. The maximum Gasteiger partial charge on any atom is 0.284 e. The Morgan fingerprint density at radius 2 is 2.30 bits per heavy atom. The number of hydrogen-bond donors (Lipinski definition) is 2. The van der Waals surface area contributed by atoms with Gasteiger partial charge in [0.05, 0.1) is 0 Å². The second-order valence-corrected chi connectivity index (χ2v) is 6.15. The van der Waals surface area contributed by atoms with Gasteiger partial charge in [0.15, 0.2) is 0 Å². The SMILES string of the molecule is CNc1nnc(C(=O)N2CCC3NC(=O)CCC3C2)s1. The Bertz CT molecular complexity index is 532. The minimum absolute atomic E-state index is 0.0562. The predicted molar refractivity (Wildman–Crippen MR) is 74.6 cm³/mol. The van der Waals surface area contributed by atoms with Crippen molar-refractivity contribution in [3.63, 3.8) is 0 Å². The van der Waals surface area contributed by atoms with Gasteiger partial charge in [0, 0.05) is 32.6 Å². The van der Waals surface area contributed by atoms with Gasteiger partial charge in [-0.3, -0.25) is 9.59 Å². The summed E-state index contributed by atoms with van der Waals surface area (Å²) in [5.74, 6) is 0.440. The first-order valence-corrected chi connectivity index (χ1v) is 7.59. The zero-order valence-corrected chi connectivity index (χ0v) is 12.1. The van der Waals surface area contributed by atoms with E-state index in [1.54, 1.807) is 7.05 Å². The molecule has 2 fully saturated rings. The van der Waals surface area contributed by atoms with Gasteiger partial charge in [-0.2, -0.15) is 0 Å². The maximum absolute atomic E-state index is 12.4. The van der Waals surface area contributed by atoms with E-state index >= 15 is 0 Å². The number of carbonyl (C=O) groups is 2. The summed E-state index contributed by atoms with van der Waals surface area (Å²) in [4.78, 5) is 25.6. The summed E-state index contributed by atoms with van der Waals surface area (Å²) >= 11 is 1.27. The fourth-order valence-corrected chi connectivity index (χ4v) is 3.51. The largest absolute Gasteiger partial charge is 0.363 e. The maximum atomic E-state index is 12.4. The molecule has 2 unspecified atom stereocenters. The summed E-state index contributed by atoms with van der Waals surface area (Å²) in [6.07, 6.45) is 2.24. The van der Waals surface area contributed by atoms with Crippen molar-refractivity contribution in [2.24, 2.45) is 5.92 Å². The van der Waals surface area contributed by atoms with E-state index in [0.29, 0.717) is 35.6 Å². The van der Waals surface area contributed by atoms with E-state index in [-0.39, 0.29) is 17.9 Å². The van der Waals surface area contributed by atoms with Crippen LogP contribution >= 0.6 is 11.3 Å². The lowest BCUT2D eigenvalue weighted by atomic mass is 9.85. The minimum Gasteiger partial charge on any atom is -0.363 e. The van der Waals surface area contributed by atoms with Crippen molar-refractivity contribution in [2.75, 3.05) is 25.5 Å². The number of carbonyl (C=O) groups excluding carboxylic acids is 2. The smallest absolute Gasteiger partial charge is 0.284 e. The highest BCUT2D eigenvalue weighted by Crippen LogP contribution is 2.27. The molecule has 0 bridgehead atoms. The molecule has 8 heteroatoms. The molecule has 0 saturated carbocycles. The van der Waals surface area contributed by atoms with Gasteiger partial charge in [0.25, 0.3) is 5.91 Å². The molecular weight excluding hydrogens is 278 g/mol. The van der Waals surface area contributed by atoms with Crippen LogP contribution in [-0.4, -0.2) is 53.1 Å². The number of rotatable bonds is 2. The highest BCUT2D eigenvalue weighted by atomic mass is 32.1. The first kappa shape index (κ1) is 13.3. The van der Waals surface area contributed by atoms with Crippen molar-refractivity contribution in [3.05, 3.63) is 5.01 Å². The van der Waals surface area contributed by atoms with Gasteiger partial charge in [0.2, 0.25) is 16.0 Å². The Morgan fingerprint density at radius 3 is 3.05 bits per heavy atom. The highest BCUT2D eigenvalue weighted by molar-refractivity contribution is 7.17. The van der Waals surface area contributed by atoms with E-state index < -0.39 is 0 Å². The van der Waals surface area contributed by atoms with Crippen LogP contribution in [-0.2, 0) is 4.79 Å². The Hall–Kier alpha value is -1.70. The highest BCUT2D eigenvalue weighted by Gasteiger charge is 2.36. The molecule has 2 atom stereocenters. The number of fused-ring (bicyclic) bond motifs is 1. The number of likely N-dealkylation sites (tertiary alicyclic amines) is 1. The molecule has 0 aliphatic carbocycles. The van der Waals surface area contributed by atoms with Gasteiger partial charge < -0.3 is 15.5 Å². The normalized spacial score (nSPS) is 25.9. The van der Waals surface area contributed by atoms with E-state index in [1.807, 2.05) is 4.90 Å². The fraction of sp³-hybridized carbons (Fsp3) is 0.667. The molecule has 3 rings (SSSR count). The van der Waals surface area contributed by atoms with Crippen LogP contribution in [0.2, 0.25) is 0 Å². The van der Waals surface area contributed by atoms with Crippen LogP contribution in [0.5, 0.6) is 0 Å². The minimum atomic E-state index is -0.0562. The Kier molecular flexibility index (Phi) is 3.56. The average Bonchev–Trinajstić information content (AvgIpc) is 2.95. The number of nitrogens with one attached hydrogen (secondary N) is 2. The van der Waals surface area contributed by atoms with Crippen molar-refractivity contribution in [3.8, 4) is 0 Å². The van der Waals surface area contributed by atoms with Gasteiger partial charge in [-0.05, 0) is 18.8 Å². The lowest BCUT2D eigenvalue weighted by Gasteiger charge is -2.41. The molecule has 2 aliphatic heterocycles. The topological polar surface area (TPSA) is 87.2 Å². The number of aromatic nitrogens is 2. The van der Waals surface area contributed by atoms with Gasteiger partial charge in [-0.25, -0.2) is 0 Å². The van der Waals surface area contributed by atoms with E-state index in [4.69, 9.17) is 0 Å². The summed E-state index contributed by atoms with van der Waals surface area (Å²) in [5, 5.41) is 14.8. The van der Waals surface area contributed by atoms with Crippen LogP contribution in [0, 0.1) is 5.92 Å². The number of hydrogen-bond acceptors (Lipinski definition) is 6. The van der Waals surface area contributed by atoms with Crippen molar-refractivity contribution < 1.29 is 9.59 Å². The fourth-order valence-electron chi connectivity index (χ4n) is 2.84. The molecule has 0 radical (unpaired) electrons. The van der Waals surface area contributed by atoms with Crippen LogP contribution in [0.25, 0.3) is 0 Å². The first-order chi connectivity index (χ1) is 9.67. The average molecular weight is 295 g/mol. The van der Waals surface area contributed by atoms with Crippen LogP contribution < -0.4 is 10.6 Å². The zero-order valence-electron chi connectivity index (χ0n) is 11.3. The second-order valence-electron chi connectivity index (χ2n) is 5.17. The molecular formula is C12H17N5O2S. The van der Waals surface area contributed by atoms with E-state index in [2.05, 4.69) is 20.8 Å². The van der Waals surface area contributed by atoms with Crippen molar-refractivity contribution in [1.29, 1.82) is 0 Å². The molecule has 0 spiro atoms. The molecule has 108 valence electrons. The Balaban J connectivity index is 1.66. The summed E-state index contributed by atoms with van der Waals surface area (Å²) in [7, 11) is 1.75. The molecule has 7 nitrogen and oxygen atoms in total. The summed E-state index contributed by atoms with van der Waals surface area (Å²) in [6, 6.07) is 0.225. The monoisotopic (exact) mass is 295 g/mol. The van der Waals surface area contributed by atoms with E-state index in [0.717, 1.165) is 12.8 Å². The lowest BCUT2D eigenvalue weighted by molar-refractivity contribution is -0.125. The quantitative estimate of drug-likeness (QED) is 0.820. The Morgan fingerprint density at radius 1 is 1.45 bits per heavy atom. The van der Waals surface area contributed by atoms with E-state index in [1.165, 1.54) is 11.3 Å². The van der Waals surface area contributed by atoms with Crippen LogP contribution in [0.3, 0.4) is 0 Å². The zero-order chi connectivity index (χ0) is 14.1. The molecule has 0 aromatic carbocycles. The molecule has 3 heterocycles. The molecule has 20 heavy (non-hydrogen) atoms. The van der Waals surface area contributed by atoms with Crippen LogP contribution in [0.4, 0.5) is 5.13 Å². The summed E-state index contributed by atoms with van der Waals surface area (Å²) in [6.45, 7) is 1.35. The predicted octanol–water partition coefficient (Wildman–Crippen LogP) is 0.320. The van der Waals surface area contributed by atoms with Gasteiger partial charge in [-0.1, -0.05) is 11.3 Å². The number of anilines is 1. The van der Waals surface area contributed by atoms with Gasteiger partial charge in [-0.15, -0.1) is 10.2 Å². The van der Waals surface area contributed by atoms with Gasteiger partial charge >= 0.3 is 0 Å². The standard InChI is InChI=1S/C12H17N5O2S/c1-13-12-16-15-10(20-12)11(19)17-5-4-8-7(6-17)2-3-9(18)14-8/h7-8H,2-6H2,1H3,(H,13,16)(H,14,18). The third-order valence-corrected chi connectivity index (χ3v) is 4.86. The molecule has 1 aromatic rings. The first-order valence-electron chi connectivity index (χ1n) is 6.77. The number of piperidine rings is 2. The molecule has 2 amide bonds. The third-order valence-electron chi connectivity index (χ3n) is 3.93. The van der Waals surface area contributed by atoms with Crippen molar-refractivity contribution in [2.45, 2.75) is 25.3 Å². The molecule has 2 aliphatic rings. The van der Waals surface area contributed by atoms with Crippen molar-refractivity contribution >= 4 is 28.3 Å². The number of nitrogens with zero attached hydrogens (tertiary/aromatic N) is 3. The van der Waals surface area contributed by atoms with E-state index in [9.17, 15) is 9.59 Å². The Labute approximate surface area is 120 Å². The number of amides is 2. The second kappa shape index (κ2) is 5.35. The van der Waals surface area contributed by atoms with Crippen LogP contribution in [0.15, 0.2) is 0 Å².